The summed E-state index contributed by atoms with van der Waals surface area (Å²) in [6.07, 6.45) is 0. The molecule has 0 aliphatic rings. The van der Waals surface area contributed by atoms with Gasteiger partial charge in [-0.2, -0.15) is 4.98 Å². The van der Waals surface area contributed by atoms with Gasteiger partial charge in [0.05, 0.1) is 11.5 Å². The van der Waals surface area contributed by atoms with E-state index in [1.165, 1.54) is 24.3 Å². The van der Waals surface area contributed by atoms with Gasteiger partial charge in [-0.25, -0.2) is 8.42 Å². The molecule has 0 atom stereocenters. The number of hydrogen-bond acceptors (Lipinski definition) is 6. The fourth-order valence-electron chi connectivity index (χ4n) is 3.04. The van der Waals surface area contributed by atoms with Crippen molar-refractivity contribution in [2.75, 3.05) is 11.9 Å². The van der Waals surface area contributed by atoms with E-state index in [2.05, 4.69) is 10.3 Å². The summed E-state index contributed by atoms with van der Waals surface area (Å²) in [5.74, 6) is 0.915. The predicted molar refractivity (Wildman–Crippen MR) is 124 cm³/mol. The Balaban J connectivity index is 1.79. The molecule has 1 N–H and O–H groups in total. The zero-order valence-electron chi connectivity index (χ0n) is 17.5. The van der Waals surface area contributed by atoms with Gasteiger partial charge < -0.3 is 14.5 Å². The topological polar surface area (TPSA) is 81.4 Å². The summed E-state index contributed by atoms with van der Waals surface area (Å²) in [6.45, 7) is 4.42. The molecule has 6 nitrogen and oxygen atoms in total. The molecule has 3 aromatic carbocycles. The number of benzene rings is 3. The Kier molecular flexibility index (Phi) is 6.21. The van der Waals surface area contributed by atoms with E-state index in [0.29, 0.717) is 28.6 Å². The Hall–Kier alpha value is -3.29. The van der Waals surface area contributed by atoms with Crippen LogP contribution in [0.15, 0.2) is 87.1 Å². The third kappa shape index (κ3) is 4.64. The van der Waals surface area contributed by atoms with Crippen LogP contribution in [-0.2, 0) is 9.84 Å². The van der Waals surface area contributed by atoms with Crippen molar-refractivity contribution in [1.82, 2.24) is 4.98 Å². The number of oxazole rings is 1. The molecule has 8 heteroatoms. The van der Waals surface area contributed by atoms with Crippen LogP contribution in [0.4, 0.5) is 11.6 Å². The lowest BCUT2D eigenvalue weighted by atomic mass is 10.2. The number of aromatic nitrogens is 1. The lowest BCUT2D eigenvalue weighted by molar-refractivity contribution is 0.340. The third-order valence-corrected chi connectivity index (χ3v) is 6.63. The zero-order chi connectivity index (χ0) is 22.7. The summed E-state index contributed by atoms with van der Waals surface area (Å²) in [5, 5.41) is 3.29. The number of ether oxygens (including phenoxy) is 1. The van der Waals surface area contributed by atoms with Gasteiger partial charge in [-0.15, -0.1) is 0 Å². The van der Waals surface area contributed by atoms with E-state index in [1.807, 2.05) is 38.1 Å². The zero-order valence-corrected chi connectivity index (χ0v) is 19.1. The first kappa shape index (κ1) is 21.9. The SMILES string of the molecule is CCOc1ccc(-c2nc(S(=O)(=O)c3ccc(Cl)cc3)c(Nc3ccc(C)cc3)o2)cc1. The highest BCUT2D eigenvalue weighted by Crippen LogP contribution is 2.35. The highest BCUT2D eigenvalue weighted by molar-refractivity contribution is 7.91. The van der Waals surface area contributed by atoms with Gasteiger partial charge in [0.1, 0.15) is 5.75 Å². The van der Waals surface area contributed by atoms with Crippen LogP contribution in [0, 0.1) is 6.92 Å². The fraction of sp³-hybridized carbons (Fsp3) is 0.125. The maximum atomic E-state index is 13.4. The van der Waals surface area contributed by atoms with E-state index in [9.17, 15) is 8.42 Å². The molecule has 0 radical (unpaired) electrons. The van der Waals surface area contributed by atoms with Crippen LogP contribution < -0.4 is 10.1 Å². The lowest BCUT2D eigenvalue weighted by Crippen LogP contribution is -2.05. The molecule has 1 aromatic heterocycles. The van der Waals surface area contributed by atoms with Crippen molar-refractivity contribution >= 4 is 33.0 Å². The highest BCUT2D eigenvalue weighted by atomic mass is 35.5. The molecular formula is C24H21ClN2O4S. The monoisotopic (exact) mass is 468 g/mol. The molecule has 0 fully saturated rings. The van der Waals surface area contributed by atoms with Crippen molar-refractivity contribution < 1.29 is 17.6 Å². The largest absolute Gasteiger partial charge is 0.494 e. The summed E-state index contributed by atoms with van der Waals surface area (Å²) in [4.78, 5) is 4.42. The Morgan fingerprint density at radius 2 is 1.62 bits per heavy atom. The van der Waals surface area contributed by atoms with Gasteiger partial charge in [-0.1, -0.05) is 29.3 Å². The number of aryl methyl sites for hydroxylation is 1. The molecule has 4 aromatic rings. The van der Waals surface area contributed by atoms with Crippen LogP contribution in [0.3, 0.4) is 0 Å². The number of nitrogens with zero attached hydrogens (tertiary/aromatic N) is 1. The first-order valence-electron chi connectivity index (χ1n) is 9.95. The van der Waals surface area contributed by atoms with E-state index in [1.54, 1.807) is 24.3 Å². The minimum Gasteiger partial charge on any atom is -0.494 e. The van der Waals surface area contributed by atoms with Gasteiger partial charge in [0, 0.05) is 16.3 Å². The van der Waals surface area contributed by atoms with Crippen molar-refractivity contribution in [2.45, 2.75) is 23.8 Å². The summed E-state index contributed by atoms with van der Waals surface area (Å²) in [6, 6.07) is 20.5. The van der Waals surface area contributed by atoms with Gasteiger partial charge in [-0.3, -0.25) is 0 Å². The van der Waals surface area contributed by atoms with Crippen LogP contribution in [0.5, 0.6) is 5.75 Å². The van der Waals surface area contributed by atoms with Gasteiger partial charge >= 0.3 is 0 Å². The number of hydrogen-bond donors (Lipinski definition) is 1. The highest BCUT2D eigenvalue weighted by Gasteiger charge is 2.28. The van der Waals surface area contributed by atoms with E-state index < -0.39 is 9.84 Å². The lowest BCUT2D eigenvalue weighted by Gasteiger charge is -2.06. The second-order valence-corrected chi connectivity index (χ2v) is 9.36. The van der Waals surface area contributed by atoms with Crippen molar-refractivity contribution in [3.8, 4) is 17.2 Å². The molecular weight excluding hydrogens is 448 g/mol. The average Bonchev–Trinajstić information content (AvgIpc) is 3.21. The molecule has 0 saturated carbocycles. The molecule has 0 saturated heterocycles. The maximum absolute atomic E-state index is 13.4. The number of anilines is 2. The number of nitrogens with one attached hydrogen (secondary N) is 1. The van der Waals surface area contributed by atoms with Crippen LogP contribution in [0.25, 0.3) is 11.5 Å². The maximum Gasteiger partial charge on any atom is 0.238 e. The predicted octanol–water partition coefficient (Wildman–Crippen LogP) is 6.28. The summed E-state index contributed by atoms with van der Waals surface area (Å²) in [5.41, 5.74) is 2.38. The van der Waals surface area contributed by atoms with Gasteiger partial charge in [-0.05, 0) is 74.5 Å². The minimum absolute atomic E-state index is 0.0349. The molecule has 0 aliphatic heterocycles. The number of sulfone groups is 1. The third-order valence-electron chi connectivity index (χ3n) is 4.70. The summed E-state index contributed by atoms with van der Waals surface area (Å²) >= 11 is 5.93. The molecule has 0 unspecified atom stereocenters. The quantitative estimate of drug-likeness (QED) is 0.344. The van der Waals surface area contributed by atoms with Crippen LogP contribution in [-0.4, -0.2) is 20.0 Å². The minimum atomic E-state index is -3.97. The number of rotatable bonds is 7. The van der Waals surface area contributed by atoms with E-state index in [4.69, 9.17) is 20.8 Å². The molecule has 0 bridgehead atoms. The molecule has 164 valence electrons. The van der Waals surface area contributed by atoms with Gasteiger partial charge in [0.15, 0.2) is 0 Å². The molecule has 1 heterocycles. The Bertz CT molecular complexity index is 1310. The van der Waals surface area contributed by atoms with Crippen molar-refractivity contribution in [3.05, 3.63) is 83.4 Å². The Labute approximate surface area is 191 Å². The molecule has 32 heavy (non-hydrogen) atoms. The van der Waals surface area contributed by atoms with Crippen LogP contribution in [0.1, 0.15) is 12.5 Å². The molecule has 4 rings (SSSR count). The normalized spacial score (nSPS) is 11.3. The Morgan fingerprint density at radius 3 is 2.25 bits per heavy atom. The van der Waals surface area contributed by atoms with Gasteiger partial charge in [0.25, 0.3) is 0 Å². The Morgan fingerprint density at radius 1 is 0.969 bits per heavy atom. The molecule has 0 amide bonds. The second kappa shape index (κ2) is 9.06. The van der Waals surface area contributed by atoms with Gasteiger partial charge in [0.2, 0.25) is 26.6 Å². The summed E-state index contributed by atoms with van der Waals surface area (Å²) in [7, 11) is -3.97. The average molecular weight is 469 g/mol. The molecule has 0 spiro atoms. The fourth-order valence-corrected chi connectivity index (χ4v) is 4.43. The smallest absolute Gasteiger partial charge is 0.238 e. The number of halogens is 1. The standard InChI is InChI=1S/C24H21ClN2O4S/c1-3-30-20-12-6-17(7-13-20)22-27-24(32(28,29)21-14-8-18(25)9-15-21)23(31-22)26-19-10-4-16(2)5-11-19/h4-15,26H,3H2,1-2H3. The second-order valence-electron chi connectivity index (χ2n) is 7.06. The van der Waals surface area contributed by atoms with Crippen LogP contribution >= 0.6 is 11.6 Å². The van der Waals surface area contributed by atoms with Crippen molar-refractivity contribution in [2.24, 2.45) is 0 Å². The van der Waals surface area contributed by atoms with E-state index in [0.717, 1.165) is 5.56 Å². The molecule has 0 aliphatic carbocycles. The van der Waals surface area contributed by atoms with E-state index in [-0.39, 0.29) is 21.7 Å². The first-order valence-corrected chi connectivity index (χ1v) is 11.8. The first-order chi connectivity index (χ1) is 15.4. The van der Waals surface area contributed by atoms with E-state index >= 15 is 0 Å². The summed E-state index contributed by atoms with van der Waals surface area (Å²) < 4.78 is 38.1. The van der Waals surface area contributed by atoms with Crippen molar-refractivity contribution in [3.63, 3.8) is 0 Å². The van der Waals surface area contributed by atoms with Crippen LogP contribution in [0.2, 0.25) is 5.02 Å². The van der Waals surface area contributed by atoms with Crippen molar-refractivity contribution in [1.29, 1.82) is 0 Å².